The third kappa shape index (κ3) is 30.1. The van der Waals surface area contributed by atoms with E-state index < -0.39 is 48.6 Å². The number of hydrogen-bond acceptors (Lipinski definition) is 7. The number of carboxylic acids is 4. The number of halogens is 12. The summed E-state index contributed by atoms with van der Waals surface area (Å²) in [5.74, 6) is -11.8. The first-order chi connectivity index (χ1) is 11.8. The van der Waals surface area contributed by atoms with Crippen molar-refractivity contribution in [2.45, 2.75) is 24.7 Å². The molecule has 0 spiro atoms. The van der Waals surface area contributed by atoms with Crippen LogP contribution in [0.1, 0.15) is 0 Å². The minimum Gasteiger partial charge on any atom is -0.542 e. The van der Waals surface area contributed by atoms with Gasteiger partial charge in [-0.3, -0.25) is 0 Å². The monoisotopic (exact) mass is 464 g/mol. The van der Waals surface area contributed by atoms with Gasteiger partial charge in [-0.1, -0.05) is 0 Å². The van der Waals surface area contributed by atoms with Crippen LogP contribution >= 0.6 is 0 Å². The Morgan fingerprint density at radius 1 is 0.483 bits per heavy atom. The molecule has 0 unspecified atom stereocenters. The Bertz CT molecular complexity index is 436. The zero-order valence-corrected chi connectivity index (χ0v) is 12.4. The molecule has 29 heavy (non-hydrogen) atoms. The van der Waals surface area contributed by atoms with Crippen LogP contribution in [0.3, 0.4) is 0 Å². The molecule has 0 bridgehead atoms. The molecule has 1 N–H and O–H groups in total. The molecule has 21 heteroatoms. The van der Waals surface area contributed by atoms with E-state index >= 15 is 0 Å². The molecule has 0 amide bonds. The molecule has 0 aliphatic carbocycles. The van der Waals surface area contributed by atoms with Gasteiger partial charge in [0.15, 0.2) is 0 Å². The molecule has 0 aliphatic heterocycles. The van der Waals surface area contributed by atoms with E-state index in [4.69, 9.17) is 39.6 Å². The van der Waals surface area contributed by atoms with Crippen molar-refractivity contribution in [3.8, 4) is 0 Å². The van der Waals surface area contributed by atoms with E-state index in [0.29, 0.717) is 0 Å². The van der Waals surface area contributed by atoms with E-state index in [9.17, 15) is 52.7 Å². The van der Waals surface area contributed by atoms with Gasteiger partial charge in [0, 0.05) is 0 Å². The van der Waals surface area contributed by atoms with Crippen molar-refractivity contribution in [3.05, 3.63) is 0 Å². The molecule has 0 saturated heterocycles. The molecule has 0 aliphatic rings. The van der Waals surface area contributed by atoms with Gasteiger partial charge in [-0.25, -0.2) is 4.79 Å². The van der Waals surface area contributed by atoms with Gasteiger partial charge in [0.25, 0.3) is 0 Å². The molecule has 0 aromatic heterocycles. The Balaban J connectivity index is -0.0000000873. The minimum absolute atomic E-state index is 0. The van der Waals surface area contributed by atoms with Crippen LogP contribution in [-0.4, -0.2) is 62.1 Å². The van der Waals surface area contributed by atoms with Crippen molar-refractivity contribution in [2.24, 2.45) is 0 Å². The Labute approximate surface area is 150 Å². The Morgan fingerprint density at radius 2 is 0.552 bits per heavy atom. The summed E-state index contributed by atoms with van der Waals surface area (Å²) in [6, 6.07) is 0. The molecular weight excluding hydrogens is 463 g/mol. The number of carbonyl (C=O) groups is 4. The SMILES string of the molecule is O=C(O)C(F)(F)F.O=C([O-])C(F)(F)F.O=C([O-])C(F)(F)F.O=C([O-])C(F)(F)F.[B+3]. The van der Waals surface area contributed by atoms with E-state index in [1.165, 1.54) is 0 Å². The van der Waals surface area contributed by atoms with E-state index in [1.54, 1.807) is 0 Å². The molecule has 0 aromatic rings. The molecule has 0 rings (SSSR count). The Hall–Kier alpha value is -2.90. The molecule has 0 radical (unpaired) electrons. The predicted molar refractivity (Wildman–Crippen MR) is 52.6 cm³/mol. The Kier molecular flexibility index (Phi) is 17.0. The van der Waals surface area contributed by atoms with Crippen molar-refractivity contribution in [1.82, 2.24) is 0 Å². The zero-order chi connectivity index (χ0) is 24.3. The first kappa shape index (κ1) is 36.9. The van der Waals surface area contributed by atoms with Crippen LogP contribution < -0.4 is 15.3 Å². The van der Waals surface area contributed by atoms with Crippen LogP contribution in [0.2, 0.25) is 0 Å². The maximum atomic E-state index is 10.6. The van der Waals surface area contributed by atoms with Crippen molar-refractivity contribution < 1.29 is 92.3 Å². The Morgan fingerprint density at radius 3 is 0.552 bits per heavy atom. The summed E-state index contributed by atoms with van der Waals surface area (Å²) in [4.78, 5) is 35.2. The van der Waals surface area contributed by atoms with Crippen molar-refractivity contribution >= 4 is 32.3 Å². The van der Waals surface area contributed by atoms with Gasteiger partial charge in [-0.15, -0.1) is 0 Å². The third-order valence-electron chi connectivity index (χ3n) is 0.937. The van der Waals surface area contributed by atoms with Crippen LogP contribution in [0, 0.1) is 0 Å². The van der Waals surface area contributed by atoms with Gasteiger partial charge in [-0.2, -0.15) is 52.7 Å². The first-order valence-electron chi connectivity index (χ1n) is 4.92. The zero-order valence-electron chi connectivity index (χ0n) is 12.4. The molecule has 8 nitrogen and oxygen atoms in total. The van der Waals surface area contributed by atoms with E-state index in [0.717, 1.165) is 0 Å². The fourth-order valence-corrected chi connectivity index (χ4v) is 0. The summed E-state index contributed by atoms with van der Waals surface area (Å²) in [5, 5.41) is 33.5. The minimum atomic E-state index is -5.19. The summed E-state index contributed by atoms with van der Waals surface area (Å²) in [5.41, 5.74) is 0. The normalized spacial score (nSPS) is 10.9. The molecule has 0 fully saturated rings. The number of alkyl halides is 12. The van der Waals surface area contributed by atoms with E-state index in [1.807, 2.05) is 0 Å². The van der Waals surface area contributed by atoms with Crippen molar-refractivity contribution in [2.75, 3.05) is 0 Å². The van der Waals surface area contributed by atoms with Crippen LogP contribution in [-0.2, 0) is 19.2 Å². The van der Waals surface area contributed by atoms with Gasteiger partial charge < -0.3 is 34.8 Å². The molecule has 168 valence electrons. The first-order valence-corrected chi connectivity index (χ1v) is 4.92. The second kappa shape index (κ2) is 13.3. The molecular formula is C8HBF12O8. The van der Waals surface area contributed by atoms with Gasteiger partial charge in [0.1, 0.15) is 17.9 Å². The summed E-state index contributed by atoms with van der Waals surface area (Å²) >= 11 is 0. The van der Waals surface area contributed by atoms with Crippen LogP contribution in [0.5, 0.6) is 0 Å². The van der Waals surface area contributed by atoms with E-state index in [-0.39, 0.29) is 8.41 Å². The number of hydrogen-bond donors (Lipinski definition) is 1. The summed E-state index contributed by atoms with van der Waals surface area (Å²) in [7, 11) is 0. The predicted octanol–water partition coefficient (Wildman–Crippen LogP) is -1.85. The molecule has 0 saturated carbocycles. The fraction of sp³-hybridized carbons (Fsp3) is 0.500. The van der Waals surface area contributed by atoms with E-state index in [2.05, 4.69) is 0 Å². The topological polar surface area (TPSA) is 158 Å². The molecule has 0 heterocycles. The second-order valence-electron chi connectivity index (χ2n) is 3.16. The summed E-state index contributed by atoms with van der Waals surface area (Å²) < 4.78 is 126. The van der Waals surface area contributed by atoms with Gasteiger partial charge in [0.2, 0.25) is 0 Å². The van der Waals surface area contributed by atoms with Crippen LogP contribution in [0.25, 0.3) is 0 Å². The summed E-state index contributed by atoms with van der Waals surface area (Å²) in [6.07, 6.45) is -20.7. The maximum Gasteiger partial charge on any atom is 3.00 e. The average molecular weight is 464 g/mol. The van der Waals surface area contributed by atoms with Crippen LogP contribution in [0.4, 0.5) is 52.7 Å². The molecule has 0 aromatic carbocycles. The van der Waals surface area contributed by atoms with Crippen LogP contribution in [0.15, 0.2) is 0 Å². The summed E-state index contributed by atoms with van der Waals surface area (Å²) in [6.45, 7) is 0. The standard InChI is InChI=1S/4C2HF3O2.B/c4*3-2(4,5)1(6)7;/h4*(H,6,7);/q;;;;+3/p-3. The molecule has 0 atom stereocenters. The average Bonchev–Trinajstić information content (AvgIpc) is 2.35. The number of aliphatic carboxylic acids is 4. The van der Waals surface area contributed by atoms with Gasteiger partial charge in [0.05, 0.1) is 0 Å². The smallest absolute Gasteiger partial charge is 0.542 e. The number of carbonyl (C=O) groups excluding carboxylic acids is 3. The fourth-order valence-electron chi connectivity index (χ4n) is 0. The largest absolute Gasteiger partial charge is 3.00 e. The quantitative estimate of drug-likeness (QED) is 0.324. The third-order valence-corrected chi connectivity index (χ3v) is 0.937. The number of carboxylic acid groups (broad SMARTS) is 4. The van der Waals surface area contributed by atoms with Crippen molar-refractivity contribution in [3.63, 3.8) is 0 Å². The maximum absolute atomic E-state index is 10.6. The van der Waals surface area contributed by atoms with Gasteiger partial charge >= 0.3 is 39.1 Å². The number of rotatable bonds is 0. The second-order valence-corrected chi connectivity index (χ2v) is 3.16. The van der Waals surface area contributed by atoms with Gasteiger partial charge in [-0.05, 0) is 0 Å². The van der Waals surface area contributed by atoms with Crippen molar-refractivity contribution in [1.29, 1.82) is 0 Å².